The lowest BCUT2D eigenvalue weighted by atomic mass is 10.1. The van der Waals surface area contributed by atoms with Gasteiger partial charge >= 0.3 is 5.97 Å². The molecule has 0 aliphatic rings. The molecule has 114 valence electrons. The molecular formula is C16H13ClFNO3. The van der Waals surface area contributed by atoms with Crippen LogP contribution in [0.5, 0.6) is 5.75 Å². The first-order valence-corrected chi connectivity index (χ1v) is 6.72. The molecular weight excluding hydrogens is 309 g/mol. The molecule has 0 fully saturated rings. The molecule has 0 unspecified atom stereocenters. The molecule has 0 amide bonds. The molecule has 0 saturated carbocycles. The number of halogens is 2. The number of hydrogen-bond donors (Lipinski definition) is 1. The molecule has 1 aromatic heterocycles. The summed E-state index contributed by atoms with van der Waals surface area (Å²) in [6.45, 7) is 1.78. The van der Waals surface area contributed by atoms with E-state index in [1.165, 1.54) is 19.3 Å². The number of benzene rings is 1. The third-order valence-corrected chi connectivity index (χ3v) is 3.56. The fourth-order valence-corrected chi connectivity index (χ4v) is 2.07. The number of aromatic nitrogens is 1. The smallest absolute Gasteiger partial charge is 0.341 e. The van der Waals surface area contributed by atoms with Crippen molar-refractivity contribution in [1.82, 2.24) is 4.98 Å². The maximum Gasteiger partial charge on any atom is 0.341 e. The largest absolute Gasteiger partial charge is 0.496 e. The highest BCUT2D eigenvalue weighted by Crippen LogP contribution is 2.27. The van der Waals surface area contributed by atoms with Crippen LogP contribution in [0.4, 0.5) is 4.39 Å². The van der Waals surface area contributed by atoms with Crippen molar-refractivity contribution in [2.45, 2.75) is 6.92 Å². The zero-order valence-corrected chi connectivity index (χ0v) is 12.7. The highest BCUT2D eigenvalue weighted by molar-refractivity contribution is 6.31. The summed E-state index contributed by atoms with van der Waals surface area (Å²) < 4.78 is 19.3. The van der Waals surface area contributed by atoms with E-state index in [1.54, 1.807) is 25.1 Å². The maximum absolute atomic E-state index is 14.3. The van der Waals surface area contributed by atoms with Crippen LogP contribution in [0.1, 0.15) is 27.2 Å². The van der Waals surface area contributed by atoms with Gasteiger partial charge in [0.1, 0.15) is 22.8 Å². The second kappa shape index (κ2) is 6.58. The van der Waals surface area contributed by atoms with Gasteiger partial charge in [0.25, 0.3) is 0 Å². The van der Waals surface area contributed by atoms with E-state index in [0.29, 0.717) is 10.6 Å². The SMILES string of the molecule is COc1cc(C(F)=Cc2cccc(Cl)c2C)ncc1C(=O)O. The van der Waals surface area contributed by atoms with Crippen LogP contribution in [0.25, 0.3) is 11.9 Å². The fraction of sp³-hybridized carbons (Fsp3) is 0.125. The van der Waals surface area contributed by atoms with Crippen LogP contribution in [0.3, 0.4) is 0 Å². The van der Waals surface area contributed by atoms with Crippen molar-refractivity contribution in [3.8, 4) is 5.75 Å². The molecule has 0 aliphatic carbocycles. The Labute approximate surface area is 131 Å². The minimum Gasteiger partial charge on any atom is -0.496 e. The summed E-state index contributed by atoms with van der Waals surface area (Å²) in [5, 5.41) is 9.52. The molecule has 0 spiro atoms. The predicted molar refractivity (Wildman–Crippen MR) is 82.9 cm³/mol. The van der Waals surface area contributed by atoms with Crippen molar-refractivity contribution in [3.63, 3.8) is 0 Å². The van der Waals surface area contributed by atoms with Crippen LogP contribution in [-0.4, -0.2) is 23.2 Å². The standard InChI is InChI=1S/C16H13ClFNO3/c1-9-10(4-3-5-12(9)17)6-13(18)14-7-15(22-2)11(8-19-14)16(20)21/h3-8H,1-2H3,(H,20,21). The summed E-state index contributed by atoms with van der Waals surface area (Å²) in [6, 6.07) is 6.41. The van der Waals surface area contributed by atoms with E-state index < -0.39 is 11.8 Å². The maximum atomic E-state index is 14.3. The van der Waals surface area contributed by atoms with Gasteiger partial charge in [0.2, 0.25) is 0 Å². The summed E-state index contributed by atoms with van der Waals surface area (Å²) in [5.41, 5.74) is 1.22. The Morgan fingerprint density at radius 2 is 2.18 bits per heavy atom. The summed E-state index contributed by atoms with van der Waals surface area (Å²) in [7, 11) is 1.31. The summed E-state index contributed by atoms with van der Waals surface area (Å²) in [4.78, 5) is 14.8. The van der Waals surface area contributed by atoms with Crippen molar-refractivity contribution < 1.29 is 19.0 Å². The molecule has 0 saturated heterocycles. The van der Waals surface area contributed by atoms with E-state index in [4.69, 9.17) is 21.4 Å². The highest BCUT2D eigenvalue weighted by atomic mass is 35.5. The van der Waals surface area contributed by atoms with Crippen molar-refractivity contribution in [2.75, 3.05) is 7.11 Å². The molecule has 1 N–H and O–H groups in total. The van der Waals surface area contributed by atoms with E-state index in [9.17, 15) is 9.18 Å². The third kappa shape index (κ3) is 3.26. The van der Waals surface area contributed by atoms with Gasteiger partial charge in [-0.1, -0.05) is 23.7 Å². The van der Waals surface area contributed by atoms with Crippen LogP contribution in [0, 0.1) is 6.92 Å². The normalized spacial score (nSPS) is 11.4. The van der Waals surface area contributed by atoms with Gasteiger partial charge < -0.3 is 9.84 Å². The highest BCUT2D eigenvalue weighted by Gasteiger charge is 2.14. The number of carbonyl (C=O) groups is 1. The molecule has 1 heterocycles. The zero-order valence-electron chi connectivity index (χ0n) is 11.9. The average molecular weight is 322 g/mol. The van der Waals surface area contributed by atoms with Crippen LogP contribution in [0.15, 0.2) is 30.5 Å². The first-order chi connectivity index (χ1) is 10.4. The van der Waals surface area contributed by atoms with E-state index in [0.717, 1.165) is 11.8 Å². The number of pyridine rings is 1. The van der Waals surface area contributed by atoms with Crippen molar-refractivity contribution in [1.29, 1.82) is 0 Å². The van der Waals surface area contributed by atoms with E-state index >= 15 is 0 Å². The van der Waals surface area contributed by atoms with Crippen molar-refractivity contribution >= 4 is 29.5 Å². The lowest BCUT2D eigenvalue weighted by Gasteiger charge is -2.07. The second-order valence-electron chi connectivity index (χ2n) is 4.52. The molecule has 1 aromatic carbocycles. The number of carboxylic acid groups (broad SMARTS) is 1. The number of nitrogens with zero attached hydrogens (tertiary/aromatic N) is 1. The molecule has 0 bridgehead atoms. The van der Waals surface area contributed by atoms with Gasteiger partial charge in [-0.05, 0) is 30.2 Å². The third-order valence-electron chi connectivity index (χ3n) is 3.15. The quantitative estimate of drug-likeness (QED) is 0.916. The Bertz CT molecular complexity index is 759. The van der Waals surface area contributed by atoms with Gasteiger partial charge in [0.15, 0.2) is 0 Å². The van der Waals surface area contributed by atoms with Crippen LogP contribution >= 0.6 is 11.6 Å². The summed E-state index contributed by atoms with van der Waals surface area (Å²) in [6.07, 6.45) is 2.36. The molecule has 6 heteroatoms. The molecule has 0 aliphatic heterocycles. The van der Waals surface area contributed by atoms with Gasteiger partial charge in [0.05, 0.1) is 7.11 Å². The lowest BCUT2D eigenvalue weighted by molar-refractivity contribution is 0.0693. The average Bonchev–Trinajstić information content (AvgIpc) is 2.50. The van der Waals surface area contributed by atoms with Gasteiger partial charge in [-0.15, -0.1) is 0 Å². The fourth-order valence-electron chi connectivity index (χ4n) is 1.89. The zero-order chi connectivity index (χ0) is 16.3. The van der Waals surface area contributed by atoms with Crippen molar-refractivity contribution in [3.05, 3.63) is 57.9 Å². The minimum absolute atomic E-state index is 0.0128. The first-order valence-electron chi connectivity index (χ1n) is 6.34. The number of rotatable bonds is 4. The molecule has 22 heavy (non-hydrogen) atoms. The molecule has 2 aromatic rings. The Balaban J connectivity index is 2.45. The van der Waals surface area contributed by atoms with Gasteiger partial charge in [0, 0.05) is 17.3 Å². The topological polar surface area (TPSA) is 59.4 Å². The van der Waals surface area contributed by atoms with Crippen LogP contribution in [-0.2, 0) is 0 Å². The monoisotopic (exact) mass is 321 g/mol. The number of ether oxygens (including phenoxy) is 1. The first kappa shape index (κ1) is 16.0. The Morgan fingerprint density at radius 3 is 2.82 bits per heavy atom. The summed E-state index contributed by atoms with van der Waals surface area (Å²) in [5.74, 6) is -1.75. The van der Waals surface area contributed by atoms with Crippen molar-refractivity contribution in [2.24, 2.45) is 0 Å². The number of hydrogen-bond acceptors (Lipinski definition) is 3. The number of methoxy groups -OCH3 is 1. The molecule has 2 rings (SSSR count). The second-order valence-corrected chi connectivity index (χ2v) is 4.93. The predicted octanol–water partition coefficient (Wildman–Crippen LogP) is 4.22. The minimum atomic E-state index is -1.19. The Morgan fingerprint density at radius 1 is 1.45 bits per heavy atom. The Kier molecular flexibility index (Phi) is 4.78. The lowest BCUT2D eigenvalue weighted by Crippen LogP contribution is -2.02. The van der Waals surface area contributed by atoms with Crippen LogP contribution in [0.2, 0.25) is 5.02 Å². The molecule has 0 radical (unpaired) electrons. The molecule has 4 nitrogen and oxygen atoms in total. The Hall–Kier alpha value is -2.40. The van der Waals surface area contributed by atoms with Gasteiger partial charge in [-0.3, -0.25) is 4.98 Å². The molecule has 0 atom stereocenters. The summed E-state index contributed by atoms with van der Waals surface area (Å²) >= 11 is 5.99. The number of aromatic carboxylic acids is 1. The van der Waals surface area contributed by atoms with E-state index in [2.05, 4.69) is 4.98 Å². The van der Waals surface area contributed by atoms with Crippen LogP contribution < -0.4 is 4.74 Å². The van der Waals surface area contributed by atoms with E-state index in [1.807, 2.05) is 0 Å². The van der Waals surface area contributed by atoms with E-state index in [-0.39, 0.29) is 17.0 Å². The van der Waals surface area contributed by atoms with Gasteiger partial charge in [-0.25, -0.2) is 9.18 Å². The number of carboxylic acids is 1. The van der Waals surface area contributed by atoms with Gasteiger partial charge in [-0.2, -0.15) is 0 Å².